The molecule has 0 aliphatic carbocycles. The van der Waals surface area contributed by atoms with Gasteiger partial charge in [-0.2, -0.15) is 0 Å². The van der Waals surface area contributed by atoms with Gasteiger partial charge in [0.25, 0.3) is 0 Å². The maximum Gasteiger partial charge on any atom is 0.303 e. The zero-order valence-corrected chi connectivity index (χ0v) is 8.61. The molecule has 15 heavy (non-hydrogen) atoms. The van der Waals surface area contributed by atoms with Gasteiger partial charge < -0.3 is 16.2 Å². The quantitative estimate of drug-likeness (QED) is 0.509. The average molecular weight is 215 g/mol. The third-order valence-electron chi connectivity index (χ3n) is 2.41. The van der Waals surface area contributed by atoms with Gasteiger partial charge in [-0.15, -0.1) is 0 Å². The summed E-state index contributed by atoms with van der Waals surface area (Å²) in [6.07, 6.45) is 1.41. The van der Waals surface area contributed by atoms with Crippen LogP contribution in [0.15, 0.2) is 0 Å². The largest absolute Gasteiger partial charge is 0.481 e. The van der Waals surface area contributed by atoms with Crippen LogP contribution in [-0.4, -0.2) is 47.7 Å². The second kappa shape index (κ2) is 5.67. The van der Waals surface area contributed by atoms with E-state index in [1.807, 2.05) is 4.90 Å². The van der Waals surface area contributed by atoms with Gasteiger partial charge in [0.15, 0.2) is 0 Å². The summed E-state index contributed by atoms with van der Waals surface area (Å²) in [6.45, 7) is 1.47. The Morgan fingerprint density at radius 3 is 3.00 bits per heavy atom. The summed E-state index contributed by atoms with van der Waals surface area (Å²) < 4.78 is 0. The number of piperazine rings is 1. The minimum Gasteiger partial charge on any atom is -0.481 e. The molecule has 0 aromatic carbocycles. The number of carbonyl (C=O) groups excluding carboxylic acids is 1. The van der Waals surface area contributed by atoms with E-state index in [1.54, 1.807) is 0 Å². The lowest BCUT2D eigenvalue weighted by atomic mass is 10.2. The number of amides is 1. The van der Waals surface area contributed by atoms with Gasteiger partial charge in [-0.05, 0) is 12.8 Å². The van der Waals surface area contributed by atoms with Crippen LogP contribution < -0.4 is 11.1 Å². The summed E-state index contributed by atoms with van der Waals surface area (Å²) in [5, 5.41) is 11.1. The number of nitrogens with one attached hydrogen (secondary N) is 1. The fourth-order valence-electron chi connectivity index (χ4n) is 1.54. The van der Waals surface area contributed by atoms with E-state index >= 15 is 0 Å². The molecule has 86 valence electrons. The second-order valence-corrected chi connectivity index (χ2v) is 3.69. The molecule has 1 saturated heterocycles. The number of hydrogen-bond donors (Lipinski definition) is 3. The van der Waals surface area contributed by atoms with E-state index < -0.39 is 5.97 Å². The number of carboxylic acid groups (broad SMARTS) is 1. The molecule has 0 spiro atoms. The third-order valence-corrected chi connectivity index (χ3v) is 2.41. The molecule has 0 saturated carbocycles. The van der Waals surface area contributed by atoms with Crippen molar-refractivity contribution in [2.75, 3.05) is 19.6 Å². The van der Waals surface area contributed by atoms with Crippen molar-refractivity contribution in [1.29, 1.82) is 0 Å². The predicted octanol–water partition coefficient (Wildman–Crippen LogP) is -1.04. The van der Waals surface area contributed by atoms with Gasteiger partial charge in [-0.3, -0.25) is 14.5 Å². The van der Waals surface area contributed by atoms with E-state index in [0.717, 1.165) is 6.42 Å². The number of aliphatic carboxylic acids is 1. The normalized spacial score (nSPS) is 22.5. The Morgan fingerprint density at radius 2 is 2.33 bits per heavy atom. The maximum atomic E-state index is 11.1. The van der Waals surface area contributed by atoms with E-state index in [9.17, 15) is 9.59 Å². The van der Waals surface area contributed by atoms with Gasteiger partial charge in [0.2, 0.25) is 5.91 Å². The topological polar surface area (TPSA) is 95.7 Å². The van der Waals surface area contributed by atoms with Crippen molar-refractivity contribution in [2.24, 2.45) is 5.73 Å². The molecule has 0 aromatic heterocycles. The molecule has 6 heteroatoms. The lowest BCUT2D eigenvalue weighted by Crippen LogP contribution is -2.58. The van der Waals surface area contributed by atoms with E-state index in [0.29, 0.717) is 26.1 Å². The van der Waals surface area contributed by atoms with Crippen LogP contribution in [0.25, 0.3) is 0 Å². The van der Waals surface area contributed by atoms with Crippen molar-refractivity contribution in [1.82, 2.24) is 10.2 Å². The van der Waals surface area contributed by atoms with Gasteiger partial charge in [0.05, 0.1) is 12.7 Å². The number of nitrogens with two attached hydrogens (primary N) is 1. The van der Waals surface area contributed by atoms with E-state index in [1.165, 1.54) is 0 Å². The number of nitrogens with zero attached hydrogens (tertiary/aromatic N) is 1. The Kier molecular flexibility index (Phi) is 4.51. The van der Waals surface area contributed by atoms with Gasteiger partial charge >= 0.3 is 5.97 Å². The fraction of sp³-hybridized carbons (Fsp3) is 0.778. The number of carbonyl (C=O) groups is 2. The molecular weight excluding hydrogens is 198 g/mol. The lowest BCUT2D eigenvalue weighted by molar-refractivity contribution is -0.137. The minimum atomic E-state index is -0.782. The molecule has 1 amide bonds. The maximum absolute atomic E-state index is 11.1. The van der Waals surface area contributed by atoms with Crippen LogP contribution in [0.4, 0.5) is 0 Å². The first kappa shape index (κ1) is 11.9. The summed E-state index contributed by atoms with van der Waals surface area (Å²) in [4.78, 5) is 23.2. The molecule has 0 aromatic rings. The summed E-state index contributed by atoms with van der Waals surface area (Å²) in [6, 6.07) is 0. The Morgan fingerprint density at radius 1 is 1.60 bits per heavy atom. The van der Waals surface area contributed by atoms with Gasteiger partial charge in [0, 0.05) is 19.5 Å². The molecule has 0 radical (unpaired) electrons. The SMILES string of the molecule is NC1CNC(=O)CN1CCCCC(=O)O. The Balaban J connectivity index is 2.18. The van der Waals surface area contributed by atoms with Crippen molar-refractivity contribution in [3.05, 3.63) is 0 Å². The summed E-state index contributed by atoms with van der Waals surface area (Å²) in [5.41, 5.74) is 5.78. The number of unbranched alkanes of at least 4 members (excludes halogenated alkanes) is 1. The zero-order valence-electron chi connectivity index (χ0n) is 8.61. The molecule has 1 unspecified atom stereocenters. The molecule has 1 rings (SSSR count). The average Bonchev–Trinajstić information content (AvgIpc) is 2.17. The highest BCUT2D eigenvalue weighted by atomic mass is 16.4. The molecule has 1 aliphatic rings. The fourth-order valence-corrected chi connectivity index (χ4v) is 1.54. The highest BCUT2D eigenvalue weighted by Crippen LogP contribution is 2.03. The smallest absolute Gasteiger partial charge is 0.303 e. The van der Waals surface area contributed by atoms with E-state index in [4.69, 9.17) is 10.8 Å². The van der Waals surface area contributed by atoms with Crippen LogP contribution in [0.1, 0.15) is 19.3 Å². The van der Waals surface area contributed by atoms with Crippen LogP contribution in [0.5, 0.6) is 0 Å². The summed E-state index contributed by atoms with van der Waals surface area (Å²) in [7, 11) is 0. The minimum absolute atomic E-state index is 0.0186. The first-order valence-corrected chi connectivity index (χ1v) is 5.07. The van der Waals surface area contributed by atoms with Gasteiger partial charge in [-0.25, -0.2) is 0 Å². The first-order valence-electron chi connectivity index (χ1n) is 5.07. The number of rotatable bonds is 5. The van der Waals surface area contributed by atoms with Crippen LogP contribution in [0.2, 0.25) is 0 Å². The van der Waals surface area contributed by atoms with Crippen LogP contribution >= 0.6 is 0 Å². The van der Waals surface area contributed by atoms with Crippen LogP contribution in [0, 0.1) is 0 Å². The first-order chi connectivity index (χ1) is 7.09. The van der Waals surface area contributed by atoms with Crippen LogP contribution in [-0.2, 0) is 9.59 Å². The van der Waals surface area contributed by atoms with Gasteiger partial charge in [0.1, 0.15) is 0 Å². The van der Waals surface area contributed by atoms with Crippen molar-refractivity contribution in [3.63, 3.8) is 0 Å². The standard InChI is InChI=1S/C9H17N3O3/c10-7-5-11-8(13)6-12(7)4-2-1-3-9(14)15/h7H,1-6,10H2,(H,11,13)(H,14,15). The summed E-state index contributed by atoms with van der Waals surface area (Å²) >= 11 is 0. The van der Waals surface area contributed by atoms with Crippen LogP contribution in [0.3, 0.4) is 0 Å². The Labute approximate surface area is 88.4 Å². The monoisotopic (exact) mass is 215 g/mol. The van der Waals surface area contributed by atoms with Crippen molar-refractivity contribution < 1.29 is 14.7 Å². The molecule has 1 aliphatic heterocycles. The van der Waals surface area contributed by atoms with Crippen molar-refractivity contribution >= 4 is 11.9 Å². The second-order valence-electron chi connectivity index (χ2n) is 3.69. The third kappa shape index (κ3) is 4.26. The predicted molar refractivity (Wildman–Crippen MR) is 54.0 cm³/mol. The number of carboxylic acids is 1. The van der Waals surface area contributed by atoms with Gasteiger partial charge in [-0.1, -0.05) is 0 Å². The van der Waals surface area contributed by atoms with E-state index in [-0.39, 0.29) is 18.5 Å². The zero-order chi connectivity index (χ0) is 11.3. The highest BCUT2D eigenvalue weighted by Gasteiger charge is 2.22. The molecule has 6 nitrogen and oxygen atoms in total. The lowest BCUT2D eigenvalue weighted by Gasteiger charge is -2.32. The highest BCUT2D eigenvalue weighted by molar-refractivity contribution is 5.78. The summed E-state index contributed by atoms with van der Waals surface area (Å²) in [5.74, 6) is -0.800. The molecule has 4 N–H and O–H groups in total. The molecular formula is C9H17N3O3. The molecule has 0 bridgehead atoms. The Hall–Kier alpha value is -1.14. The molecule has 1 fully saturated rings. The van der Waals surface area contributed by atoms with Crippen molar-refractivity contribution in [3.8, 4) is 0 Å². The number of hydrogen-bond acceptors (Lipinski definition) is 4. The van der Waals surface area contributed by atoms with Crippen molar-refractivity contribution in [2.45, 2.75) is 25.4 Å². The molecule has 1 atom stereocenters. The Bertz CT molecular complexity index is 245. The molecule has 1 heterocycles. The van der Waals surface area contributed by atoms with E-state index in [2.05, 4.69) is 5.32 Å².